The van der Waals surface area contributed by atoms with Gasteiger partial charge in [0, 0.05) is 17.3 Å². The minimum Gasteiger partial charge on any atom is -1.00 e. The van der Waals surface area contributed by atoms with Gasteiger partial charge in [-0.25, -0.2) is 4.57 Å². The number of aryl methyl sites for hydroxylation is 1. The zero-order valence-corrected chi connectivity index (χ0v) is 13.2. The van der Waals surface area contributed by atoms with E-state index in [1.54, 1.807) is 34.9 Å². The van der Waals surface area contributed by atoms with Gasteiger partial charge in [-0.2, -0.15) is 0 Å². The number of hydrogen-bond donors (Lipinski definition) is 2. The summed E-state index contributed by atoms with van der Waals surface area (Å²) in [5.41, 5.74) is 8.13. The van der Waals surface area contributed by atoms with Gasteiger partial charge < -0.3 is 17.7 Å². The standard InChI is InChI=1S/C16H17N3O2.ClH/c1-11-3-8-15(17)19(9-11)10-16(21)18-14-6-4-13(5-7-14)12(2)20;/h3-9,17H,10H2,1-2H3,(H,18,20,21);1H. The van der Waals surface area contributed by atoms with Crippen molar-refractivity contribution < 1.29 is 26.6 Å². The number of rotatable bonds is 4. The second-order valence-corrected chi connectivity index (χ2v) is 4.94. The maximum atomic E-state index is 12.0. The molecular weight excluding hydrogens is 302 g/mol. The fourth-order valence-corrected chi connectivity index (χ4v) is 1.96. The van der Waals surface area contributed by atoms with Gasteiger partial charge >= 0.3 is 0 Å². The number of aromatic nitrogens is 1. The molecular formula is C16H18ClN3O2. The molecule has 5 nitrogen and oxygen atoms in total. The fourth-order valence-electron chi connectivity index (χ4n) is 1.96. The van der Waals surface area contributed by atoms with Crippen molar-refractivity contribution in [1.82, 2.24) is 0 Å². The van der Waals surface area contributed by atoms with Crippen LogP contribution in [0.5, 0.6) is 0 Å². The van der Waals surface area contributed by atoms with Crippen LogP contribution in [0, 0.1) is 6.92 Å². The Bertz CT molecular complexity index is 684. The van der Waals surface area contributed by atoms with Crippen LogP contribution in [0.4, 0.5) is 11.5 Å². The topological polar surface area (TPSA) is 76.1 Å². The van der Waals surface area contributed by atoms with E-state index in [1.807, 2.05) is 19.2 Å². The van der Waals surface area contributed by atoms with Gasteiger partial charge in [0.2, 0.25) is 0 Å². The summed E-state index contributed by atoms with van der Waals surface area (Å²) in [7, 11) is 0. The number of pyridine rings is 1. The Morgan fingerprint density at radius 2 is 1.77 bits per heavy atom. The molecule has 6 heteroatoms. The molecule has 0 aliphatic heterocycles. The number of carbonyl (C=O) groups is 2. The normalized spacial score (nSPS) is 9.73. The van der Waals surface area contributed by atoms with E-state index in [4.69, 9.17) is 5.73 Å². The van der Waals surface area contributed by atoms with Crippen LogP contribution >= 0.6 is 0 Å². The van der Waals surface area contributed by atoms with Gasteiger partial charge in [-0.05, 0) is 49.7 Å². The summed E-state index contributed by atoms with van der Waals surface area (Å²) < 4.78 is 1.69. The first kappa shape index (κ1) is 17.7. The number of Topliss-reactive ketones (excluding diaryl/α,β-unsaturated/α-hetero) is 1. The van der Waals surface area contributed by atoms with Crippen molar-refractivity contribution in [3.63, 3.8) is 0 Å². The summed E-state index contributed by atoms with van der Waals surface area (Å²) in [6.45, 7) is 3.58. The van der Waals surface area contributed by atoms with Crippen LogP contribution in [0.1, 0.15) is 22.8 Å². The quantitative estimate of drug-likeness (QED) is 0.544. The third-order valence-electron chi connectivity index (χ3n) is 3.10. The van der Waals surface area contributed by atoms with E-state index in [2.05, 4.69) is 5.32 Å². The molecule has 0 aliphatic rings. The molecule has 0 saturated heterocycles. The van der Waals surface area contributed by atoms with E-state index < -0.39 is 0 Å². The fraction of sp³-hybridized carbons (Fsp3) is 0.188. The number of nitrogens with one attached hydrogen (secondary N) is 1. The molecule has 1 aromatic heterocycles. The summed E-state index contributed by atoms with van der Waals surface area (Å²) in [4.78, 5) is 23.2. The van der Waals surface area contributed by atoms with Crippen LogP contribution in [0.2, 0.25) is 0 Å². The molecule has 0 unspecified atom stereocenters. The molecule has 0 atom stereocenters. The van der Waals surface area contributed by atoms with Gasteiger partial charge in [0.1, 0.15) is 0 Å². The molecule has 0 aliphatic carbocycles. The Kier molecular flexibility index (Phi) is 6.07. The molecule has 0 saturated carbocycles. The predicted molar refractivity (Wildman–Crippen MR) is 80.9 cm³/mol. The Morgan fingerprint density at radius 3 is 2.36 bits per heavy atom. The molecule has 116 valence electrons. The Hall–Kier alpha value is -2.40. The lowest BCUT2D eigenvalue weighted by atomic mass is 10.1. The summed E-state index contributed by atoms with van der Waals surface area (Å²) >= 11 is 0. The average Bonchev–Trinajstić information content (AvgIpc) is 2.43. The van der Waals surface area contributed by atoms with E-state index in [9.17, 15) is 9.59 Å². The molecule has 1 aromatic carbocycles. The number of anilines is 2. The number of hydrogen-bond acceptors (Lipinski definition) is 3. The number of carbonyl (C=O) groups excluding carboxylic acids is 2. The number of nitrogens with two attached hydrogens (primary N) is 1. The second-order valence-electron chi connectivity index (χ2n) is 4.94. The average molecular weight is 320 g/mol. The van der Waals surface area contributed by atoms with Crippen LogP contribution in [0.3, 0.4) is 0 Å². The minimum absolute atomic E-state index is 0. The summed E-state index contributed by atoms with van der Waals surface area (Å²) in [5.74, 6) is 0.353. The number of halogens is 1. The SMILES string of the molecule is CC(=O)c1ccc(NC(=O)C[n+]2cc(C)ccc2N)cc1.[Cl-]. The highest BCUT2D eigenvalue weighted by atomic mass is 35.5. The first-order chi connectivity index (χ1) is 9.95. The predicted octanol–water partition coefficient (Wildman–Crippen LogP) is -1.29. The van der Waals surface area contributed by atoms with E-state index in [1.165, 1.54) is 6.92 Å². The smallest absolute Gasteiger partial charge is 0.272 e. The maximum absolute atomic E-state index is 12.0. The van der Waals surface area contributed by atoms with Crippen LogP contribution in [0.15, 0.2) is 42.6 Å². The number of nitrogen functional groups attached to an aromatic ring is 1. The van der Waals surface area contributed by atoms with Gasteiger partial charge in [-0.1, -0.05) is 0 Å². The Morgan fingerprint density at radius 1 is 1.14 bits per heavy atom. The molecule has 2 aromatic rings. The maximum Gasteiger partial charge on any atom is 0.272 e. The number of benzene rings is 1. The van der Waals surface area contributed by atoms with Crippen molar-refractivity contribution in [2.24, 2.45) is 0 Å². The molecule has 0 radical (unpaired) electrons. The molecule has 1 amide bonds. The van der Waals surface area contributed by atoms with Crippen molar-refractivity contribution in [2.75, 3.05) is 11.1 Å². The molecule has 0 bridgehead atoms. The minimum atomic E-state index is -0.173. The van der Waals surface area contributed by atoms with Crippen molar-refractivity contribution in [3.05, 3.63) is 53.7 Å². The molecule has 0 spiro atoms. The van der Waals surface area contributed by atoms with E-state index in [-0.39, 0.29) is 30.6 Å². The van der Waals surface area contributed by atoms with E-state index in [0.29, 0.717) is 17.1 Å². The zero-order valence-electron chi connectivity index (χ0n) is 12.5. The van der Waals surface area contributed by atoms with Crippen LogP contribution in [0.25, 0.3) is 0 Å². The van der Waals surface area contributed by atoms with Gasteiger partial charge in [0.15, 0.2) is 12.3 Å². The lowest BCUT2D eigenvalue weighted by Crippen LogP contribution is -3.00. The van der Waals surface area contributed by atoms with Crippen LogP contribution < -0.4 is 28.0 Å². The molecule has 0 fully saturated rings. The Balaban J connectivity index is 0.00000242. The van der Waals surface area contributed by atoms with Crippen molar-refractivity contribution in [3.8, 4) is 0 Å². The third-order valence-corrected chi connectivity index (χ3v) is 3.10. The van der Waals surface area contributed by atoms with Crippen molar-refractivity contribution in [1.29, 1.82) is 0 Å². The van der Waals surface area contributed by atoms with Crippen LogP contribution in [-0.4, -0.2) is 11.7 Å². The molecule has 2 rings (SSSR count). The lowest BCUT2D eigenvalue weighted by molar-refractivity contribution is -0.670. The number of ketones is 1. The highest BCUT2D eigenvalue weighted by Gasteiger charge is 2.11. The summed E-state index contributed by atoms with van der Waals surface area (Å²) in [5, 5.41) is 2.78. The van der Waals surface area contributed by atoms with Gasteiger partial charge in [0.05, 0.1) is 6.20 Å². The van der Waals surface area contributed by atoms with Gasteiger partial charge in [-0.3, -0.25) is 15.3 Å². The van der Waals surface area contributed by atoms with E-state index in [0.717, 1.165) is 5.56 Å². The Labute approximate surface area is 135 Å². The molecule has 3 N–H and O–H groups in total. The number of amides is 1. The summed E-state index contributed by atoms with van der Waals surface area (Å²) in [6, 6.07) is 10.4. The zero-order chi connectivity index (χ0) is 15.4. The van der Waals surface area contributed by atoms with Gasteiger partial charge in [-0.15, -0.1) is 0 Å². The molecule has 22 heavy (non-hydrogen) atoms. The van der Waals surface area contributed by atoms with E-state index >= 15 is 0 Å². The second kappa shape index (κ2) is 7.56. The largest absolute Gasteiger partial charge is 1.00 e. The number of nitrogens with zero attached hydrogens (tertiary/aromatic N) is 1. The highest BCUT2D eigenvalue weighted by molar-refractivity contribution is 5.95. The lowest BCUT2D eigenvalue weighted by Gasteiger charge is -2.07. The highest BCUT2D eigenvalue weighted by Crippen LogP contribution is 2.10. The van der Waals surface area contributed by atoms with Gasteiger partial charge in [0.25, 0.3) is 11.7 Å². The first-order valence-electron chi connectivity index (χ1n) is 6.62. The van der Waals surface area contributed by atoms with Crippen molar-refractivity contribution in [2.45, 2.75) is 20.4 Å². The summed E-state index contributed by atoms with van der Waals surface area (Å²) in [6.07, 6.45) is 1.83. The van der Waals surface area contributed by atoms with Crippen LogP contribution in [-0.2, 0) is 11.3 Å². The monoisotopic (exact) mass is 319 g/mol. The third kappa shape index (κ3) is 4.56. The first-order valence-corrected chi connectivity index (χ1v) is 6.62. The van der Waals surface area contributed by atoms with Crippen molar-refractivity contribution >= 4 is 23.2 Å². The molecule has 1 heterocycles.